The van der Waals surface area contributed by atoms with E-state index in [1.54, 1.807) is 17.3 Å². The SMILES string of the molecule is COc1ncc(C(=O)N(CC(C)(C)C)c2cccc(C)n2)c(N2CCC(COc3cc(C(CC(=O)O)C4CC4)ccn3)CC2)n1. The fourth-order valence-electron chi connectivity index (χ4n) is 5.90. The van der Waals surface area contributed by atoms with Gasteiger partial charge < -0.3 is 19.5 Å². The highest BCUT2D eigenvalue weighted by atomic mass is 16.5. The van der Waals surface area contributed by atoms with Crippen molar-refractivity contribution < 1.29 is 24.2 Å². The molecule has 0 radical (unpaired) electrons. The number of carboxylic acid groups (broad SMARTS) is 1. The van der Waals surface area contributed by atoms with Crippen molar-refractivity contribution in [2.75, 3.05) is 43.2 Å². The molecule has 1 N–H and O–H groups in total. The zero-order valence-electron chi connectivity index (χ0n) is 26.9. The monoisotopic (exact) mass is 616 g/mol. The van der Waals surface area contributed by atoms with Gasteiger partial charge in [-0.15, -0.1) is 0 Å². The van der Waals surface area contributed by atoms with Gasteiger partial charge in [0.15, 0.2) is 0 Å². The first-order chi connectivity index (χ1) is 21.5. The van der Waals surface area contributed by atoms with Crippen LogP contribution in [0.3, 0.4) is 0 Å². The molecule has 1 saturated carbocycles. The Morgan fingerprint density at radius 2 is 1.84 bits per heavy atom. The number of hydrogen-bond acceptors (Lipinski definition) is 9. The number of methoxy groups -OCH3 is 1. The highest BCUT2D eigenvalue weighted by Crippen LogP contribution is 2.45. The zero-order valence-corrected chi connectivity index (χ0v) is 26.9. The fraction of sp³-hybridized carbons (Fsp3) is 0.529. The summed E-state index contributed by atoms with van der Waals surface area (Å²) in [7, 11) is 1.52. The van der Waals surface area contributed by atoms with Gasteiger partial charge in [0.2, 0.25) is 5.88 Å². The molecule has 1 aliphatic heterocycles. The van der Waals surface area contributed by atoms with Crippen LogP contribution in [0.15, 0.2) is 42.7 Å². The number of pyridine rings is 2. The number of carbonyl (C=O) groups is 2. The van der Waals surface area contributed by atoms with Crippen LogP contribution in [0.5, 0.6) is 11.9 Å². The second-order valence-corrected chi connectivity index (χ2v) is 13.4. The van der Waals surface area contributed by atoms with Gasteiger partial charge in [0.25, 0.3) is 5.91 Å². The molecule has 1 amide bonds. The molecule has 0 aromatic carbocycles. The van der Waals surface area contributed by atoms with Crippen LogP contribution in [0.1, 0.15) is 80.4 Å². The third kappa shape index (κ3) is 8.46. The van der Waals surface area contributed by atoms with E-state index in [0.29, 0.717) is 61.2 Å². The van der Waals surface area contributed by atoms with E-state index in [4.69, 9.17) is 9.47 Å². The van der Waals surface area contributed by atoms with Gasteiger partial charge in [0, 0.05) is 43.8 Å². The van der Waals surface area contributed by atoms with Crippen molar-refractivity contribution in [1.29, 1.82) is 0 Å². The standard InChI is InChI=1S/C34H44N6O5/c1-22-7-6-8-28(37-22)40(21-34(2,3)4)32(43)27-19-36-33(44-5)38-31(27)39-15-12-23(13-16-39)20-45-29-17-25(11-14-35-29)26(18-30(41)42)24-9-10-24/h6-8,11,14,17,19,23-24,26H,9-10,12-13,15-16,18,20-21H2,1-5H3,(H,41,42). The molecule has 3 aromatic heterocycles. The number of hydrogen-bond donors (Lipinski definition) is 1. The normalized spacial score (nSPS) is 16.2. The molecular formula is C34H44N6O5. The summed E-state index contributed by atoms with van der Waals surface area (Å²) in [6, 6.07) is 9.70. The summed E-state index contributed by atoms with van der Waals surface area (Å²) >= 11 is 0. The molecule has 1 aliphatic carbocycles. The zero-order chi connectivity index (χ0) is 32.1. The van der Waals surface area contributed by atoms with Gasteiger partial charge >= 0.3 is 12.0 Å². The number of aliphatic carboxylic acids is 1. The van der Waals surface area contributed by atoms with E-state index in [2.05, 4.69) is 45.6 Å². The van der Waals surface area contributed by atoms with E-state index in [1.165, 1.54) is 7.11 Å². The molecule has 0 bridgehead atoms. The molecule has 4 heterocycles. The van der Waals surface area contributed by atoms with Crippen molar-refractivity contribution in [3.05, 3.63) is 59.5 Å². The van der Waals surface area contributed by atoms with E-state index in [0.717, 1.165) is 36.9 Å². The van der Waals surface area contributed by atoms with E-state index in [1.807, 2.05) is 37.3 Å². The molecule has 1 saturated heterocycles. The van der Waals surface area contributed by atoms with Crippen LogP contribution >= 0.6 is 0 Å². The van der Waals surface area contributed by atoms with Crippen molar-refractivity contribution in [3.63, 3.8) is 0 Å². The van der Waals surface area contributed by atoms with Crippen LogP contribution in [0, 0.1) is 24.2 Å². The lowest BCUT2D eigenvalue weighted by atomic mass is 9.92. The maximum atomic E-state index is 14.2. The lowest BCUT2D eigenvalue weighted by Gasteiger charge is -2.34. The number of aryl methyl sites for hydroxylation is 1. The average Bonchev–Trinajstić information content (AvgIpc) is 3.86. The smallest absolute Gasteiger partial charge is 0.318 e. The van der Waals surface area contributed by atoms with Crippen molar-refractivity contribution >= 4 is 23.5 Å². The van der Waals surface area contributed by atoms with Crippen LogP contribution in [-0.2, 0) is 4.79 Å². The van der Waals surface area contributed by atoms with Gasteiger partial charge in [-0.25, -0.2) is 15.0 Å². The lowest BCUT2D eigenvalue weighted by Crippen LogP contribution is -2.41. The lowest BCUT2D eigenvalue weighted by molar-refractivity contribution is -0.137. The van der Waals surface area contributed by atoms with Crippen LogP contribution in [0.2, 0.25) is 0 Å². The van der Waals surface area contributed by atoms with E-state index in [-0.39, 0.29) is 29.7 Å². The fourth-order valence-corrected chi connectivity index (χ4v) is 5.90. The van der Waals surface area contributed by atoms with Gasteiger partial charge in [-0.3, -0.25) is 14.5 Å². The van der Waals surface area contributed by atoms with Crippen molar-refractivity contribution in [2.24, 2.45) is 17.3 Å². The summed E-state index contributed by atoms with van der Waals surface area (Å²) in [5.74, 6) is 1.41. The molecule has 2 aliphatic rings. The molecule has 1 unspecified atom stereocenters. The van der Waals surface area contributed by atoms with Crippen LogP contribution in [-0.4, -0.2) is 70.3 Å². The van der Waals surface area contributed by atoms with Crippen molar-refractivity contribution in [1.82, 2.24) is 19.9 Å². The predicted octanol–water partition coefficient (Wildman–Crippen LogP) is 5.54. The van der Waals surface area contributed by atoms with E-state index in [9.17, 15) is 14.7 Å². The van der Waals surface area contributed by atoms with E-state index >= 15 is 0 Å². The summed E-state index contributed by atoms with van der Waals surface area (Å²) in [6.07, 6.45) is 7.21. The Hall–Kier alpha value is -4.28. The van der Waals surface area contributed by atoms with Crippen molar-refractivity contribution in [2.45, 2.75) is 65.7 Å². The molecule has 0 spiro atoms. The summed E-state index contributed by atoms with van der Waals surface area (Å²) in [5, 5.41) is 9.39. The number of ether oxygens (including phenoxy) is 2. The number of amides is 1. The van der Waals surface area contributed by atoms with Gasteiger partial charge in [0.05, 0.1) is 20.1 Å². The number of carboxylic acids is 1. The molecule has 2 fully saturated rings. The average molecular weight is 617 g/mol. The van der Waals surface area contributed by atoms with Crippen LogP contribution < -0.4 is 19.3 Å². The number of carbonyl (C=O) groups excluding carboxylic acids is 1. The summed E-state index contributed by atoms with van der Waals surface area (Å²) in [4.78, 5) is 47.5. The summed E-state index contributed by atoms with van der Waals surface area (Å²) in [5.41, 5.74) is 2.05. The highest BCUT2D eigenvalue weighted by molar-refractivity contribution is 6.08. The molecule has 45 heavy (non-hydrogen) atoms. The van der Waals surface area contributed by atoms with Gasteiger partial charge in [-0.2, -0.15) is 4.98 Å². The molecular weight excluding hydrogens is 572 g/mol. The van der Waals surface area contributed by atoms with Crippen LogP contribution in [0.4, 0.5) is 11.6 Å². The Morgan fingerprint density at radius 1 is 1.09 bits per heavy atom. The minimum atomic E-state index is -0.780. The minimum absolute atomic E-state index is 0.00105. The predicted molar refractivity (Wildman–Crippen MR) is 171 cm³/mol. The van der Waals surface area contributed by atoms with Gasteiger partial charge in [0.1, 0.15) is 17.2 Å². The minimum Gasteiger partial charge on any atom is -0.481 e. The maximum Gasteiger partial charge on any atom is 0.318 e. The van der Waals surface area contributed by atoms with E-state index < -0.39 is 5.97 Å². The van der Waals surface area contributed by atoms with Gasteiger partial charge in [-0.05, 0) is 79.5 Å². The first-order valence-corrected chi connectivity index (χ1v) is 15.7. The topological polar surface area (TPSA) is 131 Å². The Labute approximate surface area is 265 Å². The Morgan fingerprint density at radius 3 is 2.49 bits per heavy atom. The summed E-state index contributed by atoms with van der Waals surface area (Å²) < 4.78 is 11.5. The quantitative estimate of drug-likeness (QED) is 0.277. The Bertz CT molecular complexity index is 1500. The number of aromatic nitrogens is 4. The van der Waals surface area contributed by atoms with Crippen LogP contribution in [0.25, 0.3) is 0 Å². The molecule has 11 heteroatoms. The number of nitrogens with zero attached hydrogens (tertiary/aromatic N) is 6. The molecule has 3 aromatic rings. The highest BCUT2D eigenvalue weighted by Gasteiger charge is 2.34. The van der Waals surface area contributed by atoms with Crippen molar-refractivity contribution in [3.8, 4) is 11.9 Å². The molecule has 5 rings (SSSR count). The molecule has 11 nitrogen and oxygen atoms in total. The van der Waals surface area contributed by atoms with Gasteiger partial charge in [-0.1, -0.05) is 26.8 Å². The molecule has 1 atom stereocenters. The second-order valence-electron chi connectivity index (χ2n) is 13.4. The Kier molecular flexibility index (Phi) is 9.84. The second kappa shape index (κ2) is 13.8. The first-order valence-electron chi connectivity index (χ1n) is 15.7. The summed E-state index contributed by atoms with van der Waals surface area (Å²) in [6.45, 7) is 10.5. The third-order valence-electron chi connectivity index (χ3n) is 8.34. The number of rotatable bonds is 12. The largest absolute Gasteiger partial charge is 0.481 e. The first kappa shape index (κ1) is 32.1. The number of anilines is 2. The maximum absolute atomic E-state index is 14.2. The molecule has 240 valence electrons. The third-order valence-corrected chi connectivity index (χ3v) is 8.34. The Balaban J connectivity index is 1.28. The number of piperidine rings is 1.